The van der Waals surface area contributed by atoms with E-state index < -0.39 is 23.0 Å². The van der Waals surface area contributed by atoms with E-state index in [9.17, 15) is 22.8 Å². The van der Waals surface area contributed by atoms with Crippen LogP contribution < -0.4 is 11.2 Å². The first kappa shape index (κ1) is 25.0. The fourth-order valence-electron chi connectivity index (χ4n) is 5.04. The van der Waals surface area contributed by atoms with E-state index in [2.05, 4.69) is 17.1 Å². The first-order chi connectivity index (χ1) is 16.8. The number of nitrogens with zero attached hydrogens (tertiary/aromatic N) is 1. The number of benzene rings is 2. The summed E-state index contributed by atoms with van der Waals surface area (Å²) in [4.78, 5) is 29.1. The van der Waals surface area contributed by atoms with Crippen molar-refractivity contribution >= 4 is 0 Å². The normalized spacial score (nSPS) is 18.5. The van der Waals surface area contributed by atoms with E-state index in [1.54, 1.807) is 6.07 Å². The molecule has 1 heterocycles. The summed E-state index contributed by atoms with van der Waals surface area (Å²) < 4.78 is 45.9. The predicted octanol–water partition coefficient (Wildman–Crippen LogP) is 5.23. The van der Waals surface area contributed by atoms with Gasteiger partial charge < -0.3 is 9.72 Å². The van der Waals surface area contributed by atoms with Crippen LogP contribution in [-0.4, -0.2) is 23.3 Å². The molecular formula is C27H29F3N2O3. The molecular weight excluding hydrogens is 457 g/mol. The summed E-state index contributed by atoms with van der Waals surface area (Å²) in [7, 11) is 1.47. The minimum absolute atomic E-state index is 0.0143. The van der Waals surface area contributed by atoms with E-state index in [1.807, 2.05) is 18.2 Å². The Morgan fingerprint density at radius 3 is 2.31 bits per heavy atom. The number of methoxy groups -OCH3 is 1. The minimum Gasteiger partial charge on any atom is -0.383 e. The van der Waals surface area contributed by atoms with Crippen molar-refractivity contribution < 1.29 is 17.9 Å². The standard InChI is InChI=1S/C27H29F3N2O3/c1-35-15-14-32-25(33)23(17-18-6-5-9-22(16-18)27(28,29)30)24(31-26(32)34)21-12-10-20(11-13-21)19-7-3-2-4-8-19/h2-9,16,20-21H,10-15,17H2,1H3,(H,31,34)/t20-,21-. The number of H-pyrrole nitrogens is 1. The maximum atomic E-state index is 13.4. The Kier molecular flexibility index (Phi) is 7.60. The molecule has 35 heavy (non-hydrogen) atoms. The molecule has 1 aromatic heterocycles. The molecule has 1 saturated carbocycles. The van der Waals surface area contributed by atoms with E-state index in [0.29, 0.717) is 22.7 Å². The average Bonchev–Trinajstić information content (AvgIpc) is 2.86. The van der Waals surface area contributed by atoms with Gasteiger partial charge in [0.1, 0.15) is 0 Å². The number of rotatable bonds is 7. The maximum absolute atomic E-state index is 13.4. The quantitative estimate of drug-likeness (QED) is 0.497. The smallest absolute Gasteiger partial charge is 0.383 e. The van der Waals surface area contributed by atoms with Gasteiger partial charge in [-0.2, -0.15) is 13.2 Å². The van der Waals surface area contributed by atoms with E-state index >= 15 is 0 Å². The van der Waals surface area contributed by atoms with Crippen molar-refractivity contribution in [1.82, 2.24) is 9.55 Å². The highest BCUT2D eigenvalue weighted by Crippen LogP contribution is 2.40. The van der Waals surface area contributed by atoms with Crippen molar-refractivity contribution in [3.63, 3.8) is 0 Å². The maximum Gasteiger partial charge on any atom is 0.416 e. The Bertz CT molecular complexity index is 1260. The zero-order valence-electron chi connectivity index (χ0n) is 19.6. The van der Waals surface area contributed by atoms with Crippen molar-refractivity contribution in [2.75, 3.05) is 13.7 Å². The molecule has 3 aromatic rings. The van der Waals surface area contributed by atoms with Gasteiger partial charge in [-0.25, -0.2) is 4.79 Å². The highest BCUT2D eigenvalue weighted by molar-refractivity contribution is 5.33. The topological polar surface area (TPSA) is 64.1 Å². The number of hydrogen-bond donors (Lipinski definition) is 1. The summed E-state index contributed by atoms with van der Waals surface area (Å²) in [6, 6.07) is 15.3. The number of aromatic amines is 1. The van der Waals surface area contributed by atoms with E-state index in [0.717, 1.165) is 42.4 Å². The lowest BCUT2D eigenvalue weighted by atomic mass is 9.76. The average molecular weight is 487 g/mol. The molecule has 0 aliphatic heterocycles. The van der Waals surface area contributed by atoms with Gasteiger partial charge in [0.15, 0.2) is 0 Å². The Hall–Kier alpha value is -3.13. The summed E-state index contributed by atoms with van der Waals surface area (Å²) in [5.41, 5.74) is 0.813. The fourth-order valence-corrected chi connectivity index (χ4v) is 5.04. The van der Waals surface area contributed by atoms with Crippen LogP contribution in [0.15, 0.2) is 64.2 Å². The van der Waals surface area contributed by atoms with Crippen LogP contribution in [0.1, 0.15) is 65.5 Å². The molecule has 0 spiro atoms. The number of aromatic nitrogens is 2. The molecule has 0 unspecified atom stereocenters. The zero-order chi connectivity index (χ0) is 25.0. The predicted molar refractivity (Wildman–Crippen MR) is 128 cm³/mol. The summed E-state index contributed by atoms with van der Waals surface area (Å²) in [6.45, 7) is 0.245. The summed E-state index contributed by atoms with van der Waals surface area (Å²) in [5, 5.41) is 0. The molecule has 2 aromatic carbocycles. The van der Waals surface area contributed by atoms with Crippen LogP contribution in [-0.2, 0) is 23.9 Å². The lowest BCUT2D eigenvalue weighted by Crippen LogP contribution is -2.40. The molecule has 8 heteroatoms. The molecule has 0 radical (unpaired) electrons. The van der Waals surface area contributed by atoms with Gasteiger partial charge in [-0.3, -0.25) is 9.36 Å². The first-order valence-corrected chi connectivity index (χ1v) is 11.8. The second-order valence-electron chi connectivity index (χ2n) is 9.11. The van der Waals surface area contributed by atoms with Crippen LogP contribution in [0, 0.1) is 0 Å². The first-order valence-electron chi connectivity index (χ1n) is 11.8. The monoisotopic (exact) mass is 486 g/mol. The summed E-state index contributed by atoms with van der Waals surface area (Å²) in [6.07, 6.45) is -1.07. The lowest BCUT2D eigenvalue weighted by Gasteiger charge is -2.30. The van der Waals surface area contributed by atoms with E-state index in [1.165, 1.54) is 18.7 Å². The second-order valence-corrected chi connectivity index (χ2v) is 9.11. The Balaban J connectivity index is 1.68. The molecule has 4 rings (SSSR count). The third-order valence-electron chi connectivity index (χ3n) is 6.88. The van der Waals surface area contributed by atoms with Crippen molar-refractivity contribution in [2.45, 2.75) is 56.7 Å². The molecule has 1 aliphatic carbocycles. The van der Waals surface area contributed by atoms with Gasteiger partial charge in [0.2, 0.25) is 0 Å². The third-order valence-corrected chi connectivity index (χ3v) is 6.88. The molecule has 1 fully saturated rings. The van der Waals surface area contributed by atoms with Gasteiger partial charge in [-0.1, -0.05) is 48.5 Å². The van der Waals surface area contributed by atoms with Gasteiger partial charge in [0.25, 0.3) is 5.56 Å². The van der Waals surface area contributed by atoms with Crippen LogP contribution in [0.5, 0.6) is 0 Å². The zero-order valence-corrected chi connectivity index (χ0v) is 19.6. The van der Waals surface area contributed by atoms with Crippen LogP contribution >= 0.6 is 0 Å². The third kappa shape index (κ3) is 5.75. The number of nitrogens with one attached hydrogen (secondary N) is 1. The number of alkyl halides is 3. The van der Waals surface area contributed by atoms with Crippen molar-refractivity contribution in [3.05, 3.63) is 103 Å². The molecule has 0 saturated heterocycles. The lowest BCUT2D eigenvalue weighted by molar-refractivity contribution is -0.137. The van der Waals surface area contributed by atoms with Gasteiger partial charge in [0, 0.05) is 24.8 Å². The second kappa shape index (κ2) is 10.6. The molecule has 1 aliphatic rings. The van der Waals surface area contributed by atoms with E-state index in [-0.39, 0.29) is 25.5 Å². The van der Waals surface area contributed by atoms with Gasteiger partial charge in [-0.05, 0) is 54.7 Å². The minimum atomic E-state index is -4.47. The van der Waals surface area contributed by atoms with Crippen molar-refractivity contribution in [1.29, 1.82) is 0 Å². The number of ether oxygens (including phenoxy) is 1. The van der Waals surface area contributed by atoms with E-state index in [4.69, 9.17) is 4.74 Å². The summed E-state index contributed by atoms with van der Waals surface area (Å²) >= 11 is 0. The van der Waals surface area contributed by atoms with Crippen LogP contribution in [0.3, 0.4) is 0 Å². The highest BCUT2D eigenvalue weighted by Gasteiger charge is 2.31. The molecule has 5 nitrogen and oxygen atoms in total. The van der Waals surface area contributed by atoms with Gasteiger partial charge in [-0.15, -0.1) is 0 Å². The molecule has 186 valence electrons. The molecule has 0 amide bonds. The van der Waals surface area contributed by atoms with Crippen LogP contribution in [0.4, 0.5) is 13.2 Å². The largest absolute Gasteiger partial charge is 0.416 e. The highest BCUT2D eigenvalue weighted by atomic mass is 19.4. The summed E-state index contributed by atoms with van der Waals surface area (Å²) in [5.74, 6) is 0.376. The number of halogens is 3. The molecule has 0 atom stereocenters. The van der Waals surface area contributed by atoms with Gasteiger partial charge in [0.05, 0.1) is 18.7 Å². The van der Waals surface area contributed by atoms with Gasteiger partial charge >= 0.3 is 11.9 Å². The SMILES string of the molecule is COCCn1c(=O)[nH]c([C@H]2CC[C@H](c3ccccc3)CC2)c(Cc2cccc(C(F)(F)F)c2)c1=O. The molecule has 0 bridgehead atoms. The van der Waals surface area contributed by atoms with Crippen LogP contribution in [0.2, 0.25) is 0 Å². The Labute approximate surface area is 201 Å². The van der Waals surface area contributed by atoms with Crippen molar-refractivity contribution in [3.8, 4) is 0 Å². The fraction of sp³-hybridized carbons (Fsp3) is 0.407. The van der Waals surface area contributed by atoms with Crippen LogP contribution in [0.25, 0.3) is 0 Å². The number of hydrogen-bond acceptors (Lipinski definition) is 3. The molecule has 1 N–H and O–H groups in total. The van der Waals surface area contributed by atoms with Crippen molar-refractivity contribution in [2.24, 2.45) is 0 Å². The Morgan fingerprint density at radius 1 is 0.971 bits per heavy atom. The Morgan fingerprint density at radius 2 is 1.66 bits per heavy atom.